The van der Waals surface area contributed by atoms with Crippen LogP contribution in [0.1, 0.15) is 43.0 Å². The number of hydrogen-bond acceptors (Lipinski definition) is 3. The largest absolute Gasteiger partial charge is 0.496 e. The molecule has 122 valence electrons. The molecule has 1 aromatic rings. The fraction of sp³-hybridized carbons (Fsp3) is 0.588. The van der Waals surface area contributed by atoms with Gasteiger partial charge in [-0.2, -0.15) is 0 Å². The Morgan fingerprint density at radius 1 is 1.45 bits per heavy atom. The number of rotatable bonds is 6. The molecule has 22 heavy (non-hydrogen) atoms. The molecule has 1 aromatic carbocycles. The number of amides is 1. The minimum Gasteiger partial charge on any atom is -0.496 e. The summed E-state index contributed by atoms with van der Waals surface area (Å²) in [6, 6.07) is 5.74. The highest BCUT2D eigenvalue weighted by molar-refractivity contribution is 6.31. The minimum absolute atomic E-state index is 0.133. The van der Waals surface area contributed by atoms with Crippen LogP contribution in [0.5, 0.6) is 5.75 Å². The summed E-state index contributed by atoms with van der Waals surface area (Å²) < 4.78 is 5.21. The lowest BCUT2D eigenvalue weighted by Crippen LogP contribution is -2.39. The van der Waals surface area contributed by atoms with Gasteiger partial charge >= 0.3 is 0 Å². The van der Waals surface area contributed by atoms with Crippen molar-refractivity contribution in [3.8, 4) is 5.75 Å². The van der Waals surface area contributed by atoms with Gasteiger partial charge in [-0.1, -0.05) is 18.0 Å². The first-order chi connectivity index (χ1) is 10.6. The summed E-state index contributed by atoms with van der Waals surface area (Å²) in [6.45, 7) is 5.16. The number of benzene rings is 1. The van der Waals surface area contributed by atoms with Gasteiger partial charge in [0.05, 0.1) is 12.7 Å². The molecule has 1 amide bonds. The molecule has 1 aliphatic heterocycles. The lowest BCUT2D eigenvalue weighted by atomic mass is 10.0. The SMILES string of the molecule is COc1ccc(Cl)cc1C(=O)NCCCN1CCCC[C@@H]1C. The van der Waals surface area contributed by atoms with Gasteiger partial charge in [0.15, 0.2) is 0 Å². The van der Waals surface area contributed by atoms with Gasteiger partial charge in [0.2, 0.25) is 0 Å². The summed E-state index contributed by atoms with van der Waals surface area (Å²) in [5.41, 5.74) is 0.487. The predicted molar refractivity (Wildman–Crippen MR) is 89.8 cm³/mol. The number of hydrogen-bond donors (Lipinski definition) is 1. The van der Waals surface area contributed by atoms with Crippen molar-refractivity contribution < 1.29 is 9.53 Å². The van der Waals surface area contributed by atoms with Crippen LogP contribution < -0.4 is 10.1 Å². The molecular weight excluding hydrogens is 300 g/mol. The summed E-state index contributed by atoms with van der Waals surface area (Å²) in [5.74, 6) is 0.414. The second-order valence-corrected chi connectivity index (χ2v) is 6.27. The Labute approximate surface area is 137 Å². The topological polar surface area (TPSA) is 41.6 Å². The lowest BCUT2D eigenvalue weighted by Gasteiger charge is -2.33. The Bertz CT molecular complexity index is 507. The van der Waals surface area contributed by atoms with Gasteiger partial charge in [-0.05, 0) is 50.9 Å². The molecular formula is C17H25ClN2O2. The molecule has 1 saturated heterocycles. The van der Waals surface area contributed by atoms with E-state index in [-0.39, 0.29) is 5.91 Å². The first kappa shape index (κ1) is 17.1. The molecule has 0 aromatic heterocycles. The van der Waals surface area contributed by atoms with E-state index in [2.05, 4.69) is 17.1 Å². The average molecular weight is 325 g/mol. The van der Waals surface area contributed by atoms with Gasteiger partial charge in [0.25, 0.3) is 5.91 Å². The molecule has 1 heterocycles. The van der Waals surface area contributed by atoms with Crippen molar-refractivity contribution >= 4 is 17.5 Å². The van der Waals surface area contributed by atoms with Crippen LogP contribution in [0.2, 0.25) is 5.02 Å². The van der Waals surface area contributed by atoms with Crippen molar-refractivity contribution in [2.75, 3.05) is 26.7 Å². The number of carbonyl (C=O) groups excluding carboxylic acids is 1. The number of nitrogens with one attached hydrogen (secondary N) is 1. The third kappa shape index (κ3) is 4.62. The van der Waals surface area contributed by atoms with Crippen molar-refractivity contribution in [2.24, 2.45) is 0 Å². The highest BCUT2D eigenvalue weighted by atomic mass is 35.5. The van der Waals surface area contributed by atoms with E-state index in [0.29, 0.717) is 28.9 Å². The van der Waals surface area contributed by atoms with Crippen LogP contribution in [0.3, 0.4) is 0 Å². The number of carbonyl (C=O) groups is 1. The van der Waals surface area contributed by atoms with Gasteiger partial charge in [-0.25, -0.2) is 0 Å². The van der Waals surface area contributed by atoms with Crippen LogP contribution in [0.25, 0.3) is 0 Å². The smallest absolute Gasteiger partial charge is 0.255 e. The molecule has 2 rings (SSSR count). The molecule has 4 nitrogen and oxygen atoms in total. The Morgan fingerprint density at radius 3 is 3.00 bits per heavy atom. The van der Waals surface area contributed by atoms with Crippen LogP contribution in [0.15, 0.2) is 18.2 Å². The quantitative estimate of drug-likeness (QED) is 0.816. The Morgan fingerprint density at radius 2 is 2.27 bits per heavy atom. The summed E-state index contributed by atoms with van der Waals surface area (Å²) in [5, 5.41) is 3.49. The van der Waals surface area contributed by atoms with E-state index >= 15 is 0 Å². The highest BCUT2D eigenvalue weighted by Crippen LogP contribution is 2.22. The Hall–Kier alpha value is -1.26. The highest BCUT2D eigenvalue weighted by Gasteiger charge is 2.17. The van der Waals surface area contributed by atoms with Crippen LogP contribution in [-0.2, 0) is 0 Å². The molecule has 0 unspecified atom stereocenters. The van der Waals surface area contributed by atoms with E-state index in [1.165, 1.54) is 25.8 Å². The number of methoxy groups -OCH3 is 1. The fourth-order valence-corrected chi connectivity index (χ4v) is 3.10. The van der Waals surface area contributed by atoms with Crippen LogP contribution in [0, 0.1) is 0 Å². The van der Waals surface area contributed by atoms with Gasteiger partial charge in [-0.3, -0.25) is 4.79 Å². The Kier molecular flexibility index (Phi) is 6.52. The van der Waals surface area contributed by atoms with E-state index < -0.39 is 0 Å². The maximum atomic E-state index is 12.2. The van der Waals surface area contributed by atoms with Crippen molar-refractivity contribution in [2.45, 2.75) is 38.6 Å². The molecule has 0 aliphatic carbocycles. The number of ether oxygens (including phenoxy) is 1. The molecule has 1 aliphatic rings. The minimum atomic E-state index is -0.133. The summed E-state index contributed by atoms with van der Waals surface area (Å²) >= 11 is 5.95. The molecule has 0 radical (unpaired) electrons. The van der Waals surface area contributed by atoms with Crippen LogP contribution in [0.4, 0.5) is 0 Å². The first-order valence-corrected chi connectivity index (χ1v) is 8.35. The molecule has 0 spiro atoms. The third-order valence-electron chi connectivity index (χ3n) is 4.25. The summed E-state index contributed by atoms with van der Waals surface area (Å²) in [4.78, 5) is 14.7. The van der Waals surface area contributed by atoms with Crippen molar-refractivity contribution in [3.63, 3.8) is 0 Å². The van der Waals surface area contributed by atoms with Crippen LogP contribution >= 0.6 is 11.6 Å². The second-order valence-electron chi connectivity index (χ2n) is 5.83. The van der Waals surface area contributed by atoms with Crippen molar-refractivity contribution in [1.82, 2.24) is 10.2 Å². The van der Waals surface area contributed by atoms with E-state index in [9.17, 15) is 4.79 Å². The van der Waals surface area contributed by atoms with Crippen molar-refractivity contribution in [3.05, 3.63) is 28.8 Å². The van der Waals surface area contributed by atoms with E-state index in [1.54, 1.807) is 25.3 Å². The maximum absolute atomic E-state index is 12.2. The van der Waals surface area contributed by atoms with E-state index in [1.807, 2.05) is 0 Å². The second kappa shape index (κ2) is 8.39. The summed E-state index contributed by atoms with van der Waals surface area (Å²) in [6.07, 6.45) is 4.87. The van der Waals surface area contributed by atoms with Gasteiger partial charge < -0.3 is 15.0 Å². The zero-order valence-electron chi connectivity index (χ0n) is 13.4. The average Bonchev–Trinajstić information content (AvgIpc) is 2.52. The number of halogens is 1. The Balaban J connectivity index is 1.79. The predicted octanol–water partition coefficient (Wildman–Crippen LogP) is 3.34. The molecule has 1 atom stereocenters. The lowest BCUT2D eigenvalue weighted by molar-refractivity contribution is 0.0946. The van der Waals surface area contributed by atoms with Crippen LogP contribution in [-0.4, -0.2) is 43.6 Å². The summed E-state index contributed by atoms with van der Waals surface area (Å²) in [7, 11) is 1.55. The molecule has 1 N–H and O–H groups in total. The van der Waals surface area contributed by atoms with Gasteiger partial charge in [-0.15, -0.1) is 0 Å². The zero-order valence-corrected chi connectivity index (χ0v) is 14.2. The zero-order chi connectivity index (χ0) is 15.9. The molecule has 0 bridgehead atoms. The maximum Gasteiger partial charge on any atom is 0.255 e. The van der Waals surface area contributed by atoms with Crippen molar-refractivity contribution in [1.29, 1.82) is 0 Å². The first-order valence-electron chi connectivity index (χ1n) is 7.97. The number of likely N-dealkylation sites (tertiary alicyclic amines) is 1. The standard InChI is InChI=1S/C17H25ClN2O2/c1-13-6-3-4-10-20(13)11-5-9-19-17(21)15-12-14(18)7-8-16(15)22-2/h7-8,12-13H,3-6,9-11H2,1-2H3,(H,19,21)/t13-/m0/s1. The molecule has 5 heteroatoms. The number of nitrogens with zero attached hydrogens (tertiary/aromatic N) is 1. The number of piperidine rings is 1. The van der Waals surface area contributed by atoms with E-state index in [4.69, 9.17) is 16.3 Å². The third-order valence-corrected chi connectivity index (χ3v) is 4.49. The van der Waals surface area contributed by atoms with E-state index in [0.717, 1.165) is 13.0 Å². The fourth-order valence-electron chi connectivity index (χ4n) is 2.93. The normalized spacial score (nSPS) is 19.0. The monoisotopic (exact) mass is 324 g/mol. The van der Waals surface area contributed by atoms with Gasteiger partial charge in [0, 0.05) is 24.2 Å². The molecule has 0 saturated carbocycles. The van der Waals surface area contributed by atoms with Gasteiger partial charge in [0.1, 0.15) is 5.75 Å². The molecule has 1 fully saturated rings.